The molecule has 0 saturated heterocycles. The van der Waals surface area contributed by atoms with Crippen molar-refractivity contribution in [1.29, 1.82) is 0 Å². The second-order valence-corrected chi connectivity index (χ2v) is 16.5. The van der Waals surface area contributed by atoms with Crippen molar-refractivity contribution in [3.8, 4) is 0 Å². The van der Waals surface area contributed by atoms with Crippen LogP contribution < -0.4 is 5.32 Å². The summed E-state index contributed by atoms with van der Waals surface area (Å²) < 4.78 is 0. The lowest BCUT2D eigenvalue weighted by atomic mass is 9.77. The standard InChI is InChI=1S/C41H81N.C8H18/c1-7-10-12-14-16-17-20-26-32-38(4)33-27-21-18-24-30-36-42-37-31-25-19-22-28-34-39(5)40(6)41(9-3)35-29-23-15-13-11-8-2;1-4-7-8(5-2)6-3/h26,32,39-42H,4,7-25,27-31,33-37H2,1-3,5-6H3;8H,4-7H2,1-3H3/b32-26+;. The van der Waals surface area contributed by atoms with Crippen LogP contribution in [0.1, 0.15) is 254 Å². The highest BCUT2D eigenvalue weighted by Crippen LogP contribution is 2.31. The maximum Gasteiger partial charge on any atom is -0.00489 e. The van der Waals surface area contributed by atoms with Crippen LogP contribution in [0.4, 0.5) is 0 Å². The molecule has 0 fully saturated rings. The van der Waals surface area contributed by atoms with Gasteiger partial charge in [0.2, 0.25) is 0 Å². The van der Waals surface area contributed by atoms with E-state index in [0.717, 1.165) is 23.7 Å². The highest BCUT2D eigenvalue weighted by molar-refractivity contribution is 5.13. The number of rotatable bonds is 38. The van der Waals surface area contributed by atoms with E-state index in [1.165, 1.54) is 218 Å². The fourth-order valence-electron chi connectivity index (χ4n) is 7.74. The molecule has 3 unspecified atom stereocenters. The van der Waals surface area contributed by atoms with Crippen LogP contribution in [0.25, 0.3) is 0 Å². The van der Waals surface area contributed by atoms with Crippen LogP contribution >= 0.6 is 0 Å². The van der Waals surface area contributed by atoms with Crippen molar-refractivity contribution in [3.05, 3.63) is 24.3 Å². The van der Waals surface area contributed by atoms with Gasteiger partial charge in [-0.05, 0) is 75.3 Å². The molecule has 0 aliphatic heterocycles. The predicted molar refractivity (Wildman–Crippen MR) is 234 cm³/mol. The zero-order valence-electron chi connectivity index (χ0n) is 36.5. The molecule has 50 heavy (non-hydrogen) atoms. The third-order valence-electron chi connectivity index (χ3n) is 11.9. The Labute approximate surface area is 319 Å². The van der Waals surface area contributed by atoms with Crippen LogP contribution in [0.2, 0.25) is 0 Å². The Morgan fingerprint density at radius 2 is 0.980 bits per heavy atom. The summed E-state index contributed by atoms with van der Waals surface area (Å²) in [6.45, 7) is 25.6. The summed E-state index contributed by atoms with van der Waals surface area (Å²) in [6.07, 6.45) is 47.6. The quantitative estimate of drug-likeness (QED) is 0.0499. The van der Waals surface area contributed by atoms with Crippen molar-refractivity contribution in [2.45, 2.75) is 254 Å². The van der Waals surface area contributed by atoms with E-state index in [4.69, 9.17) is 0 Å². The SMILES string of the molecule is C=C(/C=C/CCCCCCCC)CCCCCCCNCCCCCCCC(C)C(C)C(CC)CCCCCCCC.CCCC(CC)CC. The van der Waals surface area contributed by atoms with Crippen LogP contribution in [0.5, 0.6) is 0 Å². The number of allylic oxidation sites excluding steroid dienone is 3. The minimum absolute atomic E-state index is 0.895. The lowest BCUT2D eigenvalue weighted by Gasteiger charge is -2.28. The highest BCUT2D eigenvalue weighted by atomic mass is 14.8. The first-order chi connectivity index (χ1) is 24.4. The van der Waals surface area contributed by atoms with Gasteiger partial charge in [0, 0.05) is 0 Å². The average molecular weight is 702 g/mol. The molecular weight excluding hydrogens is 603 g/mol. The first-order valence-corrected chi connectivity index (χ1v) is 23.5. The Kier molecular flexibility index (Phi) is 44.2. The Morgan fingerprint density at radius 3 is 1.48 bits per heavy atom. The number of unbranched alkanes of at least 4 members (excludes halogenated alkanes) is 19. The van der Waals surface area contributed by atoms with Gasteiger partial charge in [-0.1, -0.05) is 240 Å². The molecule has 0 rings (SSSR count). The molecule has 0 amide bonds. The van der Waals surface area contributed by atoms with Crippen molar-refractivity contribution >= 4 is 0 Å². The second-order valence-electron chi connectivity index (χ2n) is 16.5. The molecule has 0 aliphatic carbocycles. The van der Waals surface area contributed by atoms with E-state index in [9.17, 15) is 0 Å². The van der Waals surface area contributed by atoms with Gasteiger partial charge in [0.1, 0.15) is 0 Å². The smallest absolute Gasteiger partial charge is 0.00489 e. The number of hydrogen-bond acceptors (Lipinski definition) is 1. The normalized spacial score (nSPS) is 13.5. The van der Waals surface area contributed by atoms with Crippen molar-refractivity contribution in [1.82, 2.24) is 5.32 Å². The fraction of sp³-hybridized carbons (Fsp3) is 0.918. The molecular formula is C49H99N. The number of nitrogens with one attached hydrogen (secondary N) is 1. The lowest BCUT2D eigenvalue weighted by molar-refractivity contribution is 0.222. The molecule has 300 valence electrons. The van der Waals surface area contributed by atoms with E-state index in [0.29, 0.717) is 0 Å². The van der Waals surface area contributed by atoms with Crippen LogP contribution in [-0.2, 0) is 0 Å². The van der Waals surface area contributed by atoms with Crippen LogP contribution in [0.3, 0.4) is 0 Å². The van der Waals surface area contributed by atoms with Gasteiger partial charge in [0.15, 0.2) is 0 Å². The molecule has 1 nitrogen and oxygen atoms in total. The van der Waals surface area contributed by atoms with E-state index in [1.807, 2.05) is 0 Å². The molecule has 1 N–H and O–H groups in total. The van der Waals surface area contributed by atoms with Gasteiger partial charge in [0.05, 0.1) is 0 Å². The van der Waals surface area contributed by atoms with Gasteiger partial charge in [0.25, 0.3) is 0 Å². The molecule has 0 aromatic rings. The molecule has 3 atom stereocenters. The summed E-state index contributed by atoms with van der Waals surface area (Å²) in [4.78, 5) is 0. The van der Waals surface area contributed by atoms with Gasteiger partial charge >= 0.3 is 0 Å². The summed E-state index contributed by atoms with van der Waals surface area (Å²) in [5.41, 5.74) is 1.33. The van der Waals surface area contributed by atoms with Gasteiger partial charge in [-0.15, -0.1) is 0 Å². The summed E-state index contributed by atoms with van der Waals surface area (Å²) in [5.74, 6) is 3.74. The summed E-state index contributed by atoms with van der Waals surface area (Å²) in [5, 5.41) is 3.69. The maximum atomic E-state index is 4.26. The van der Waals surface area contributed by atoms with Gasteiger partial charge in [-0.25, -0.2) is 0 Å². The predicted octanol–water partition coefficient (Wildman–Crippen LogP) is 17.4. The topological polar surface area (TPSA) is 12.0 Å². The van der Waals surface area contributed by atoms with Crippen molar-refractivity contribution in [2.24, 2.45) is 23.7 Å². The Bertz CT molecular complexity index is 660. The number of hydrogen-bond donors (Lipinski definition) is 1. The molecule has 0 aromatic carbocycles. The molecule has 0 radical (unpaired) electrons. The average Bonchev–Trinajstić information content (AvgIpc) is 3.12. The van der Waals surface area contributed by atoms with E-state index in [1.54, 1.807) is 0 Å². The van der Waals surface area contributed by atoms with Crippen molar-refractivity contribution in [2.75, 3.05) is 13.1 Å². The molecule has 0 heterocycles. The van der Waals surface area contributed by atoms with Gasteiger partial charge < -0.3 is 5.32 Å². The van der Waals surface area contributed by atoms with E-state index >= 15 is 0 Å². The zero-order valence-corrected chi connectivity index (χ0v) is 36.5. The van der Waals surface area contributed by atoms with Gasteiger partial charge in [-0.3, -0.25) is 0 Å². The first-order valence-electron chi connectivity index (χ1n) is 23.5. The van der Waals surface area contributed by atoms with Crippen LogP contribution in [0.15, 0.2) is 24.3 Å². The summed E-state index contributed by atoms with van der Waals surface area (Å²) >= 11 is 0. The fourth-order valence-corrected chi connectivity index (χ4v) is 7.74. The Hall–Kier alpha value is -0.560. The first kappa shape index (κ1) is 51.5. The Balaban J connectivity index is 0. The second kappa shape index (κ2) is 42.8. The molecule has 0 saturated carbocycles. The van der Waals surface area contributed by atoms with Crippen LogP contribution in [0, 0.1) is 23.7 Å². The largest absolute Gasteiger partial charge is 0.317 e. The van der Waals surface area contributed by atoms with Crippen molar-refractivity contribution in [3.63, 3.8) is 0 Å². The summed E-state index contributed by atoms with van der Waals surface area (Å²) in [7, 11) is 0. The minimum Gasteiger partial charge on any atom is -0.317 e. The van der Waals surface area contributed by atoms with Crippen molar-refractivity contribution < 1.29 is 0 Å². The lowest BCUT2D eigenvalue weighted by Crippen LogP contribution is -2.19. The van der Waals surface area contributed by atoms with E-state index in [2.05, 4.69) is 79.4 Å². The third-order valence-corrected chi connectivity index (χ3v) is 11.9. The molecule has 0 spiro atoms. The zero-order chi connectivity index (χ0) is 37.3. The molecule has 0 aromatic heterocycles. The molecule has 0 bridgehead atoms. The van der Waals surface area contributed by atoms with Gasteiger partial charge in [-0.2, -0.15) is 0 Å². The van der Waals surface area contributed by atoms with E-state index in [-0.39, 0.29) is 0 Å². The third kappa shape index (κ3) is 37.2. The molecule has 1 heteroatoms. The monoisotopic (exact) mass is 702 g/mol. The maximum absolute atomic E-state index is 4.26. The summed E-state index contributed by atoms with van der Waals surface area (Å²) in [6, 6.07) is 0. The van der Waals surface area contributed by atoms with E-state index < -0.39 is 0 Å². The Morgan fingerprint density at radius 1 is 0.500 bits per heavy atom. The van der Waals surface area contributed by atoms with Crippen LogP contribution in [-0.4, -0.2) is 13.1 Å². The highest BCUT2D eigenvalue weighted by Gasteiger charge is 2.20. The minimum atomic E-state index is 0.895. The molecule has 0 aliphatic rings.